The summed E-state index contributed by atoms with van der Waals surface area (Å²) in [5.41, 5.74) is -0.0660. The van der Waals surface area contributed by atoms with Gasteiger partial charge in [-0.1, -0.05) is 52.3 Å². The van der Waals surface area contributed by atoms with E-state index in [9.17, 15) is 27.6 Å². The first kappa shape index (κ1) is 37.9. The van der Waals surface area contributed by atoms with E-state index in [1.807, 2.05) is 72.8 Å². The van der Waals surface area contributed by atoms with Gasteiger partial charge in [0.2, 0.25) is 0 Å². The molecule has 0 aliphatic carbocycles. The summed E-state index contributed by atoms with van der Waals surface area (Å²) in [4.78, 5) is 33.6. The van der Waals surface area contributed by atoms with E-state index >= 15 is 0 Å². The summed E-state index contributed by atoms with van der Waals surface area (Å²) >= 11 is 6.17. The van der Waals surface area contributed by atoms with Crippen LogP contribution >= 0.6 is 50.5 Å². The van der Waals surface area contributed by atoms with Crippen molar-refractivity contribution in [3.8, 4) is 18.2 Å². The normalized spacial score (nSPS) is 10.2. The van der Waals surface area contributed by atoms with Crippen molar-refractivity contribution in [3.63, 3.8) is 0 Å². The molecule has 0 bridgehead atoms. The first-order valence-corrected chi connectivity index (χ1v) is 17.2. The molecule has 0 saturated heterocycles. The van der Waals surface area contributed by atoms with Crippen LogP contribution in [0.2, 0.25) is 0 Å². The predicted molar refractivity (Wildman–Crippen MR) is 196 cm³/mol. The van der Waals surface area contributed by atoms with Crippen molar-refractivity contribution in [2.75, 3.05) is 16.0 Å². The van der Waals surface area contributed by atoms with Crippen LogP contribution in [-0.4, -0.2) is 13.1 Å². The van der Waals surface area contributed by atoms with Crippen molar-refractivity contribution >= 4 is 82.6 Å². The number of aromatic nitrogens is 3. The quantitative estimate of drug-likeness (QED) is 0.0956. The Bertz CT molecular complexity index is 2330. The van der Waals surface area contributed by atoms with Gasteiger partial charge in [0, 0.05) is 21.5 Å². The molecule has 0 amide bonds. The molecule has 0 atom stereocenters. The van der Waals surface area contributed by atoms with Crippen LogP contribution in [-0.2, 0) is 6.18 Å². The fourth-order valence-electron chi connectivity index (χ4n) is 3.96. The summed E-state index contributed by atoms with van der Waals surface area (Å²) in [5, 5.41) is 36.3. The van der Waals surface area contributed by atoms with E-state index in [1.165, 1.54) is 13.0 Å². The number of hydrogen-bond acceptors (Lipinski definition) is 12. The fourth-order valence-corrected chi connectivity index (χ4v) is 6.54. The number of rotatable bonds is 6. The van der Waals surface area contributed by atoms with Gasteiger partial charge in [-0.3, -0.25) is 27.5 Å². The van der Waals surface area contributed by atoms with Crippen LogP contribution < -0.4 is 32.6 Å². The van der Waals surface area contributed by atoms with Crippen LogP contribution in [0, 0.1) is 40.9 Å². The molecule has 3 heterocycles. The number of aromatic amines is 3. The molecule has 51 heavy (non-hydrogen) atoms. The molecule has 0 aliphatic heterocycles. The number of nitrogens with zero attached hydrogens (tertiary/aromatic N) is 3. The van der Waals surface area contributed by atoms with Crippen molar-refractivity contribution < 1.29 is 13.2 Å². The number of anilines is 6. The Morgan fingerprint density at radius 1 is 0.627 bits per heavy atom. The Kier molecular flexibility index (Phi) is 12.7. The molecule has 258 valence electrons. The Morgan fingerprint density at radius 3 is 1.31 bits per heavy atom. The van der Waals surface area contributed by atoms with E-state index in [0.717, 1.165) is 52.0 Å². The van der Waals surface area contributed by atoms with Gasteiger partial charge in [0.25, 0.3) is 16.7 Å². The van der Waals surface area contributed by atoms with Crippen LogP contribution in [0.15, 0.2) is 91.7 Å². The van der Waals surface area contributed by atoms with Gasteiger partial charge in [0.15, 0.2) is 16.7 Å². The molecule has 3 aromatic carbocycles. The molecule has 0 unspecified atom stereocenters. The summed E-state index contributed by atoms with van der Waals surface area (Å²) < 4.78 is 46.5. The molecule has 0 radical (unpaired) electrons. The van der Waals surface area contributed by atoms with Gasteiger partial charge in [-0.15, -0.1) is 0 Å². The number of halogens is 4. The van der Waals surface area contributed by atoms with E-state index in [0.29, 0.717) is 10.0 Å². The highest BCUT2D eigenvalue weighted by Crippen LogP contribution is 2.38. The Labute approximate surface area is 306 Å². The molecule has 0 saturated carbocycles. The molecule has 6 rings (SSSR count). The minimum Gasteiger partial charge on any atom is -0.345 e. The lowest BCUT2D eigenvalue weighted by atomic mass is 10.1. The summed E-state index contributed by atoms with van der Waals surface area (Å²) in [7, 11) is 0. The molecule has 3 aromatic heterocycles. The van der Waals surface area contributed by atoms with Crippen LogP contribution in [0.4, 0.5) is 45.2 Å². The molecule has 0 aliphatic rings. The van der Waals surface area contributed by atoms with Gasteiger partial charge in [-0.2, -0.15) is 29.0 Å². The van der Waals surface area contributed by atoms with E-state index in [2.05, 4.69) is 45.0 Å². The van der Waals surface area contributed by atoms with Gasteiger partial charge in [0.05, 0.1) is 5.56 Å². The predicted octanol–water partition coefficient (Wildman–Crippen LogP) is 8.24. The molecule has 6 N–H and O–H groups in total. The average molecular weight is 813 g/mol. The lowest BCUT2D eigenvalue weighted by molar-refractivity contribution is -0.138. The van der Waals surface area contributed by atoms with Crippen molar-refractivity contribution in [1.29, 1.82) is 15.8 Å². The number of benzene rings is 3. The average Bonchev–Trinajstić information content (AvgIpc) is 3.77. The smallest absolute Gasteiger partial charge is 0.345 e. The minimum absolute atomic E-state index is 0.0656. The zero-order valence-electron chi connectivity index (χ0n) is 25.7. The van der Waals surface area contributed by atoms with Crippen LogP contribution in [0.3, 0.4) is 0 Å². The highest BCUT2D eigenvalue weighted by molar-refractivity contribution is 9.10. The lowest BCUT2D eigenvalue weighted by Crippen LogP contribution is -2.09. The molecule has 19 heteroatoms. The van der Waals surface area contributed by atoms with Crippen molar-refractivity contribution in [2.45, 2.75) is 13.1 Å². The number of alkyl halides is 3. The second-order valence-corrected chi connectivity index (χ2v) is 13.1. The zero-order valence-corrected chi connectivity index (χ0v) is 29.8. The maximum Gasteiger partial charge on any atom is 0.416 e. The first-order valence-electron chi connectivity index (χ1n) is 14.0. The maximum atomic E-state index is 12.9. The van der Waals surface area contributed by atoms with E-state index in [1.54, 1.807) is 6.07 Å². The van der Waals surface area contributed by atoms with Crippen molar-refractivity contribution in [1.82, 2.24) is 13.1 Å². The lowest BCUT2D eigenvalue weighted by Gasteiger charge is -2.14. The van der Waals surface area contributed by atoms with Gasteiger partial charge in [0.1, 0.15) is 33.2 Å². The highest BCUT2D eigenvalue weighted by Gasteiger charge is 2.33. The molecular formula is C32H21BrF3N9O3S3. The van der Waals surface area contributed by atoms with Crippen molar-refractivity contribution in [3.05, 3.63) is 136 Å². The summed E-state index contributed by atoms with van der Waals surface area (Å²) in [6.45, 7) is 1.35. The zero-order chi connectivity index (χ0) is 37.1. The van der Waals surface area contributed by atoms with E-state index in [-0.39, 0.29) is 48.5 Å². The van der Waals surface area contributed by atoms with Gasteiger partial charge < -0.3 is 16.0 Å². The van der Waals surface area contributed by atoms with E-state index < -0.39 is 17.3 Å². The number of H-pyrrole nitrogens is 3. The van der Waals surface area contributed by atoms with E-state index in [4.69, 9.17) is 15.8 Å². The number of nitriles is 3. The van der Waals surface area contributed by atoms with Crippen LogP contribution in [0.1, 0.15) is 27.8 Å². The topological polar surface area (TPSA) is 206 Å². The Morgan fingerprint density at radius 2 is 0.980 bits per heavy atom. The van der Waals surface area contributed by atoms with Gasteiger partial charge in [-0.05, 0) is 83.5 Å². The first-order chi connectivity index (χ1) is 24.4. The number of para-hydroxylation sites is 2. The molecule has 0 fully saturated rings. The van der Waals surface area contributed by atoms with Crippen LogP contribution in [0.5, 0.6) is 0 Å². The Hall–Kier alpha value is -5.91. The third-order valence-corrected chi connectivity index (χ3v) is 9.62. The summed E-state index contributed by atoms with van der Waals surface area (Å²) in [6.07, 6.45) is -4.49. The molecule has 6 aromatic rings. The maximum absolute atomic E-state index is 12.9. The van der Waals surface area contributed by atoms with Crippen molar-refractivity contribution in [2.24, 2.45) is 0 Å². The van der Waals surface area contributed by atoms with Crippen LogP contribution in [0.25, 0.3) is 0 Å². The second-order valence-electron chi connectivity index (χ2n) is 9.78. The largest absolute Gasteiger partial charge is 0.416 e. The van der Waals surface area contributed by atoms with Gasteiger partial charge in [-0.25, -0.2) is 0 Å². The number of nitrogens with one attached hydrogen (secondary N) is 6. The number of hydrogen-bond donors (Lipinski definition) is 6. The van der Waals surface area contributed by atoms with Gasteiger partial charge >= 0.3 is 6.18 Å². The fraction of sp³-hybridized carbons (Fsp3) is 0.0625. The third kappa shape index (κ3) is 9.84. The summed E-state index contributed by atoms with van der Waals surface area (Å²) in [6, 6.07) is 26.6. The molecule has 0 spiro atoms. The second kappa shape index (κ2) is 17.1. The monoisotopic (exact) mass is 811 g/mol. The highest BCUT2D eigenvalue weighted by atomic mass is 79.9. The molecular weight excluding hydrogens is 792 g/mol. The Balaban J connectivity index is 0.000000175. The third-order valence-electron chi connectivity index (χ3n) is 6.41. The minimum atomic E-state index is -4.49. The SMILES string of the molecule is Cc1c(Br)cc(Nc2s[nH]c(=O)c2C#N)cc1C(F)(F)F.N#Cc1c(Nc2ccccc2)s[nH]c1=O.N#Cc1c(Nc2ccccc2)s[nH]c1=O. The molecule has 12 nitrogen and oxygen atoms in total. The standard InChI is InChI=1S/C12H7BrF3N3OS.2C10H7N3OS/c1-5-8(12(14,15)16)2-6(3-9(5)13)18-11-7(4-17)10(20)19-21-11;2*11-6-8-9(14)13-15-10(8)12-7-4-2-1-3-5-7/h2-3,18H,1H3,(H,19,20);2*1-5,12H,(H,13,14). The summed E-state index contributed by atoms with van der Waals surface area (Å²) in [5.74, 6) is 0.